The van der Waals surface area contributed by atoms with Crippen LogP contribution in [-0.4, -0.2) is 80.4 Å². The van der Waals surface area contributed by atoms with Crippen molar-refractivity contribution in [2.45, 2.75) is 6.92 Å². The molecule has 4 heterocycles. The molecule has 0 saturated carbocycles. The van der Waals surface area contributed by atoms with E-state index in [1.165, 1.54) is 24.4 Å². The summed E-state index contributed by atoms with van der Waals surface area (Å²) in [5, 5.41) is 4.77. The zero-order chi connectivity index (χ0) is 24.5. The maximum atomic E-state index is 13.3. The van der Waals surface area contributed by atoms with Gasteiger partial charge in [0.1, 0.15) is 5.75 Å². The molecule has 35 heavy (non-hydrogen) atoms. The lowest BCUT2D eigenvalue weighted by Gasteiger charge is -2.34. The normalized spacial score (nSPS) is 13.8. The number of amides is 2. The molecule has 0 unspecified atom stereocenters. The number of ether oxygens (including phenoxy) is 1. The monoisotopic (exact) mass is 472 g/mol. The summed E-state index contributed by atoms with van der Waals surface area (Å²) < 4.78 is 7.10. The Bertz CT molecular complexity index is 1420. The maximum absolute atomic E-state index is 13.3. The van der Waals surface area contributed by atoms with Gasteiger partial charge < -0.3 is 19.5 Å². The fourth-order valence-electron chi connectivity index (χ4n) is 4.32. The van der Waals surface area contributed by atoms with Crippen LogP contribution in [0.2, 0.25) is 0 Å². The molecule has 1 N–H and O–H groups in total. The van der Waals surface area contributed by atoms with Crippen LogP contribution in [0.3, 0.4) is 0 Å². The summed E-state index contributed by atoms with van der Waals surface area (Å²) >= 11 is 0. The van der Waals surface area contributed by atoms with Crippen molar-refractivity contribution in [2.24, 2.45) is 0 Å². The second-order valence-electron chi connectivity index (χ2n) is 8.27. The van der Waals surface area contributed by atoms with Gasteiger partial charge >= 0.3 is 0 Å². The Balaban J connectivity index is 1.37. The van der Waals surface area contributed by atoms with Gasteiger partial charge in [-0.3, -0.25) is 14.4 Å². The van der Waals surface area contributed by atoms with Gasteiger partial charge in [-0.05, 0) is 25.1 Å². The number of hydrogen-bond acceptors (Lipinski definition) is 6. The number of piperazine rings is 1. The topological polar surface area (TPSA) is 113 Å². The highest BCUT2D eigenvalue weighted by Gasteiger charge is 2.31. The predicted octanol–water partition coefficient (Wildman–Crippen LogP) is 2.23. The van der Waals surface area contributed by atoms with Crippen molar-refractivity contribution in [2.75, 3.05) is 33.3 Å². The molecule has 0 aliphatic carbocycles. The summed E-state index contributed by atoms with van der Waals surface area (Å²) in [5.74, 6) is -0.466. The minimum atomic E-state index is -0.647. The third-order valence-corrected chi connectivity index (χ3v) is 6.22. The van der Waals surface area contributed by atoms with E-state index in [0.717, 1.165) is 5.69 Å². The number of benzene rings is 1. The number of fused-ring (bicyclic) bond motifs is 1. The number of rotatable bonds is 5. The van der Waals surface area contributed by atoms with Crippen LogP contribution in [0.1, 0.15) is 26.4 Å². The van der Waals surface area contributed by atoms with Gasteiger partial charge in [-0.25, -0.2) is 9.67 Å². The average molecular weight is 473 g/mol. The number of Topliss-reactive ketones (excluding diaryl/α,β-unsaturated/α-hetero) is 1. The zero-order valence-corrected chi connectivity index (χ0v) is 19.4. The van der Waals surface area contributed by atoms with Crippen molar-refractivity contribution in [3.63, 3.8) is 0 Å². The summed E-state index contributed by atoms with van der Waals surface area (Å²) in [4.78, 5) is 49.8. The molecule has 0 radical (unpaired) electrons. The number of aryl methyl sites for hydroxylation is 1. The van der Waals surface area contributed by atoms with Gasteiger partial charge in [-0.15, -0.1) is 0 Å². The lowest BCUT2D eigenvalue weighted by atomic mass is 10.1. The Morgan fingerprint density at radius 1 is 1.00 bits per heavy atom. The van der Waals surface area contributed by atoms with E-state index >= 15 is 0 Å². The summed E-state index contributed by atoms with van der Waals surface area (Å²) in [6.07, 6.45) is 4.68. The van der Waals surface area contributed by atoms with Crippen molar-refractivity contribution in [3.05, 3.63) is 71.8 Å². The first kappa shape index (κ1) is 22.3. The number of ketones is 1. The number of aromatic nitrogens is 4. The summed E-state index contributed by atoms with van der Waals surface area (Å²) in [7, 11) is 1.49. The summed E-state index contributed by atoms with van der Waals surface area (Å²) in [6, 6.07) is 10.9. The van der Waals surface area contributed by atoms with Crippen molar-refractivity contribution < 1.29 is 19.1 Å². The van der Waals surface area contributed by atoms with E-state index in [2.05, 4.69) is 15.1 Å². The summed E-state index contributed by atoms with van der Waals surface area (Å²) in [5.41, 5.74) is 2.22. The molecule has 3 aromatic heterocycles. The molecule has 1 aromatic carbocycles. The van der Waals surface area contributed by atoms with Crippen molar-refractivity contribution >= 4 is 28.5 Å². The standard InChI is InChI=1S/C25H24N6O4/c1-16-8-9-28-31(16)23-21-20(19(35-2)15-27-23)18(14-26-21)22(32)25(34)30-12-10-29(11-13-30)24(33)17-6-4-3-5-7-17/h3-9,14-15,26H,10-13H2,1-2H3. The largest absolute Gasteiger partial charge is 0.494 e. The van der Waals surface area contributed by atoms with Crippen molar-refractivity contribution in [3.8, 4) is 11.6 Å². The Labute approximate surface area is 201 Å². The molecule has 0 bridgehead atoms. The quantitative estimate of drug-likeness (QED) is 0.352. The van der Waals surface area contributed by atoms with E-state index in [1.807, 2.05) is 31.2 Å². The lowest BCUT2D eigenvalue weighted by Crippen LogP contribution is -2.52. The molecule has 4 aromatic rings. The number of nitrogens with one attached hydrogen (secondary N) is 1. The van der Waals surface area contributed by atoms with Crippen LogP contribution >= 0.6 is 0 Å². The fourth-order valence-corrected chi connectivity index (χ4v) is 4.32. The minimum Gasteiger partial charge on any atom is -0.494 e. The van der Waals surface area contributed by atoms with Gasteiger partial charge in [0.25, 0.3) is 17.6 Å². The number of hydrogen-bond donors (Lipinski definition) is 1. The van der Waals surface area contributed by atoms with Crippen LogP contribution in [-0.2, 0) is 4.79 Å². The van der Waals surface area contributed by atoms with E-state index in [4.69, 9.17) is 4.74 Å². The third kappa shape index (κ3) is 3.92. The number of carbonyl (C=O) groups is 3. The molecule has 10 heteroatoms. The molecule has 1 saturated heterocycles. The van der Waals surface area contributed by atoms with Crippen LogP contribution in [0.15, 0.2) is 55.0 Å². The molecular weight excluding hydrogens is 448 g/mol. The number of carbonyl (C=O) groups excluding carboxylic acids is 3. The first-order valence-corrected chi connectivity index (χ1v) is 11.2. The molecule has 10 nitrogen and oxygen atoms in total. The molecule has 1 fully saturated rings. The van der Waals surface area contributed by atoms with E-state index in [1.54, 1.807) is 27.9 Å². The molecule has 0 atom stereocenters. The van der Waals surface area contributed by atoms with E-state index in [0.29, 0.717) is 41.1 Å². The van der Waals surface area contributed by atoms with Gasteiger partial charge in [0, 0.05) is 49.8 Å². The van der Waals surface area contributed by atoms with Crippen LogP contribution in [0.5, 0.6) is 5.75 Å². The predicted molar refractivity (Wildman–Crippen MR) is 128 cm³/mol. The van der Waals surface area contributed by atoms with Crippen molar-refractivity contribution in [1.29, 1.82) is 0 Å². The van der Waals surface area contributed by atoms with Crippen molar-refractivity contribution in [1.82, 2.24) is 29.5 Å². The molecule has 1 aliphatic heterocycles. The van der Waals surface area contributed by atoms with E-state index in [-0.39, 0.29) is 24.6 Å². The van der Waals surface area contributed by atoms with Gasteiger partial charge in [0.05, 0.1) is 29.8 Å². The molecule has 1 aliphatic rings. The van der Waals surface area contributed by atoms with E-state index < -0.39 is 11.7 Å². The Morgan fingerprint density at radius 3 is 2.37 bits per heavy atom. The SMILES string of the molecule is COc1cnc(-n2nccc2C)c2[nH]cc(C(=O)C(=O)N3CCN(C(=O)c4ccccc4)CC3)c12. The number of H-pyrrole nitrogens is 1. The van der Waals surface area contributed by atoms with Crippen LogP contribution in [0, 0.1) is 6.92 Å². The van der Waals surface area contributed by atoms with Crippen LogP contribution < -0.4 is 4.74 Å². The van der Waals surface area contributed by atoms with Gasteiger partial charge in [-0.1, -0.05) is 18.2 Å². The highest BCUT2D eigenvalue weighted by Crippen LogP contribution is 2.32. The zero-order valence-electron chi connectivity index (χ0n) is 19.4. The minimum absolute atomic E-state index is 0.0839. The second-order valence-corrected chi connectivity index (χ2v) is 8.27. The number of pyridine rings is 1. The summed E-state index contributed by atoms with van der Waals surface area (Å²) in [6.45, 7) is 3.17. The van der Waals surface area contributed by atoms with Gasteiger partial charge in [0.2, 0.25) is 0 Å². The van der Waals surface area contributed by atoms with Crippen LogP contribution in [0.4, 0.5) is 0 Å². The molecule has 5 rings (SSSR count). The number of methoxy groups -OCH3 is 1. The molecule has 178 valence electrons. The first-order valence-electron chi connectivity index (χ1n) is 11.2. The molecular formula is C25H24N6O4. The third-order valence-electron chi connectivity index (χ3n) is 6.22. The Kier molecular flexibility index (Phi) is 5.77. The lowest BCUT2D eigenvalue weighted by molar-refractivity contribution is -0.127. The smallest absolute Gasteiger partial charge is 0.295 e. The van der Waals surface area contributed by atoms with Gasteiger partial charge in [-0.2, -0.15) is 5.10 Å². The first-order chi connectivity index (χ1) is 17.0. The molecule has 2 amide bonds. The van der Waals surface area contributed by atoms with E-state index in [9.17, 15) is 14.4 Å². The van der Waals surface area contributed by atoms with Crippen LogP contribution in [0.25, 0.3) is 16.7 Å². The fraction of sp³-hybridized carbons (Fsp3) is 0.240. The Hall–Kier alpha value is -4.47. The average Bonchev–Trinajstić information content (AvgIpc) is 3.54. The highest BCUT2D eigenvalue weighted by molar-refractivity contribution is 6.45. The number of nitrogens with zero attached hydrogens (tertiary/aromatic N) is 5. The van der Waals surface area contributed by atoms with Gasteiger partial charge in [0.15, 0.2) is 5.82 Å². The second kappa shape index (κ2) is 9.05. The maximum Gasteiger partial charge on any atom is 0.295 e. The molecule has 0 spiro atoms. The number of aromatic amines is 1. The Morgan fingerprint density at radius 2 is 1.71 bits per heavy atom. The highest BCUT2D eigenvalue weighted by atomic mass is 16.5.